The number of anilines is 1. The van der Waals surface area contributed by atoms with Crippen molar-refractivity contribution in [2.24, 2.45) is 5.92 Å². The number of rotatable bonds is 6. The Morgan fingerprint density at radius 1 is 1.05 bits per heavy atom. The van der Waals surface area contributed by atoms with Crippen molar-refractivity contribution < 1.29 is 19.1 Å². The van der Waals surface area contributed by atoms with Gasteiger partial charge in [0.25, 0.3) is 0 Å². The molecule has 0 spiro atoms. The molecule has 0 aromatic heterocycles. The number of carbonyl (C=O) groups is 2. The lowest BCUT2D eigenvalue weighted by molar-refractivity contribution is -0.140. The van der Waals surface area contributed by atoms with E-state index in [2.05, 4.69) is 5.32 Å². The van der Waals surface area contributed by atoms with Crippen LogP contribution in [0.4, 0.5) is 10.1 Å². The summed E-state index contributed by atoms with van der Waals surface area (Å²) in [5, 5.41) is 11.6. The maximum atomic E-state index is 12.9. The first-order valence-corrected chi connectivity index (χ1v) is 6.87. The van der Waals surface area contributed by atoms with E-state index < -0.39 is 23.6 Å². The normalized spacial score (nSPS) is 11.7. The summed E-state index contributed by atoms with van der Waals surface area (Å²) in [6, 6.07) is 14.6. The fourth-order valence-electron chi connectivity index (χ4n) is 2.14. The highest BCUT2D eigenvalue weighted by atomic mass is 19.1. The third kappa shape index (κ3) is 4.70. The molecule has 1 atom stereocenters. The molecule has 2 N–H and O–H groups in total. The Hall–Kier alpha value is -2.69. The number of nitrogens with one attached hydrogen (secondary N) is 1. The average molecular weight is 301 g/mol. The van der Waals surface area contributed by atoms with E-state index in [-0.39, 0.29) is 6.42 Å². The van der Waals surface area contributed by atoms with Crippen molar-refractivity contribution in [2.75, 3.05) is 5.32 Å². The third-order valence-corrected chi connectivity index (χ3v) is 3.23. The zero-order valence-corrected chi connectivity index (χ0v) is 11.8. The van der Waals surface area contributed by atoms with Gasteiger partial charge in [0.15, 0.2) is 0 Å². The Morgan fingerprint density at radius 3 is 2.27 bits per heavy atom. The maximum absolute atomic E-state index is 12.9. The molecule has 1 amide bonds. The summed E-state index contributed by atoms with van der Waals surface area (Å²) in [4.78, 5) is 23.2. The fraction of sp³-hybridized carbons (Fsp3) is 0.176. The second kappa shape index (κ2) is 7.36. The van der Waals surface area contributed by atoms with Crippen LogP contribution < -0.4 is 5.32 Å². The molecule has 0 saturated carbocycles. The molecule has 0 radical (unpaired) electrons. The third-order valence-electron chi connectivity index (χ3n) is 3.23. The molecule has 0 saturated heterocycles. The molecule has 22 heavy (non-hydrogen) atoms. The van der Waals surface area contributed by atoms with Crippen molar-refractivity contribution in [1.29, 1.82) is 0 Å². The van der Waals surface area contributed by atoms with Gasteiger partial charge in [0.05, 0.1) is 12.3 Å². The van der Waals surface area contributed by atoms with E-state index in [1.807, 2.05) is 30.3 Å². The number of hydrogen-bond acceptors (Lipinski definition) is 2. The predicted octanol–water partition coefficient (Wildman–Crippen LogP) is 3.10. The molecule has 0 aliphatic carbocycles. The quantitative estimate of drug-likeness (QED) is 0.861. The smallest absolute Gasteiger partial charge is 0.304 e. The van der Waals surface area contributed by atoms with Gasteiger partial charge in [-0.05, 0) is 36.2 Å². The number of benzene rings is 2. The second-order valence-corrected chi connectivity index (χ2v) is 4.98. The van der Waals surface area contributed by atoms with E-state index in [1.165, 1.54) is 24.3 Å². The van der Waals surface area contributed by atoms with E-state index in [0.29, 0.717) is 12.1 Å². The molecule has 2 aromatic carbocycles. The van der Waals surface area contributed by atoms with E-state index in [9.17, 15) is 14.0 Å². The summed E-state index contributed by atoms with van der Waals surface area (Å²) in [5.74, 6) is -2.51. The van der Waals surface area contributed by atoms with Crippen LogP contribution in [-0.2, 0) is 16.0 Å². The number of carbonyl (C=O) groups excluding carboxylic acids is 1. The molecule has 0 aliphatic rings. The number of halogens is 1. The zero-order chi connectivity index (χ0) is 15.9. The average Bonchev–Trinajstić information content (AvgIpc) is 2.49. The number of amides is 1. The van der Waals surface area contributed by atoms with E-state index in [1.54, 1.807) is 0 Å². The van der Waals surface area contributed by atoms with Gasteiger partial charge in [0.1, 0.15) is 5.82 Å². The highest BCUT2D eigenvalue weighted by Crippen LogP contribution is 2.16. The Balaban J connectivity index is 2.08. The van der Waals surface area contributed by atoms with E-state index in [4.69, 9.17) is 5.11 Å². The Labute approximate surface area is 127 Å². The van der Waals surface area contributed by atoms with E-state index >= 15 is 0 Å². The number of carboxylic acid groups (broad SMARTS) is 1. The molecule has 0 bridgehead atoms. The Kier molecular flexibility index (Phi) is 5.25. The summed E-state index contributed by atoms with van der Waals surface area (Å²) in [5.41, 5.74) is 1.33. The number of aliphatic carboxylic acids is 1. The van der Waals surface area contributed by atoms with E-state index in [0.717, 1.165) is 5.56 Å². The van der Waals surface area contributed by atoms with Crippen molar-refractivity contribution in [3.8, 4) is 0 Å². The van der Waals surface area contributed by atoms with Gasteiger partial charge in [-0.2, -0.15) is 0 Å². The van der Waals surface area contributed by atoms with Gasteiger partial charge in [-0.25, -0.2) is 4.39 Å². The van der Waals surface area contributed by atoms with Gasteiger partial charge in [0.2, 0.25) is 5.91 Å². The molecule has 5 heteroatoms. The van der Waals surface area contributed by atoms with Gasteiger partial charge in [-0.3, -0.25) is 9.59 Å². The second-order valence-electron chi connectivity index (χ2n) is 4.98. The van der Waals surface area contributed by atoms with Gasteiger partial charge >= 0.3 is 5.97 Å². The first kappa shape index (κ1) is 15.7. The summed E-state index contributed by atoms with van der Waals surface area (Å²) in [6.07, 6.45) is 0.0715. The number of carboxylic acids is 1. The molecular formula is C17H16FNO3. The molecule has 2 aromatic rings. The highest BCUT2D eigenvalue weighted by Gasteiger charge is 2.22. The van der Waals surface area contributed by atoms with Crippen LogP contribution in [0.25, 0.3) is 0 Å². The lowest BCUT2D eigenvalue weighted by Crippen LogP contribution is -2.27. The topological polar surface area (TPSA) is 66.4 Å². The SMILES string of the molecule is O=C(O)C[C@@H](Cc1ccccc1)C(=O)Nc1ccc(F)cc1. The zero-order valence-electron chi connectivity index (χ0n) is 11.8. The molecular weight excluding hydrogens is 285 g/mol. The first-order chi connectivity index (χ1) is 10.5. The van der Waals surface area contributed by atoms with Crippen LogP contribution in [0.15, 0.2) is 54.6 Å². The molecule has 4 nitrogen and oxygen atoms in total. The van der Waals surface area contributed by atoms with Crippen LogP contribution in [0.2, 0.25) is 0 Å². The minimum absolute atomic E-state index is 0.262. The number of hydrogen-bond donors (Lipinski definition) is 2. The highest BCUT2D eigenvalue weighted by molar-refractivity contribution is 5.94. The maximum Gasteiger partial charge on any atom is 0.304 e. The predicted molar refractivity (Wildman–Crippen MR) is 80.9 cm³/mol. The fourth-order valence-corrected chi connectivity index (χ4v) is 2.14. The summed E-state index contributed by atoms with van der Waals surface area (Å²) < 4.78 is 12.9. The lowest BCUT2D eigenvalue weighted by atomic mass is 9.95. The van der Waals surface area contributed by atoms with Crippen molar-refractivity contribution in [3.05, 3.63) is 66.0 Å². The first-order valence-electron chi connectivity index (χ1n) is 6.87. The molecule has 0 unspecified atom stereocenters. The van der Waals surface area contributed by atoms with Gasteiger partial charge in [-0.1, -0.05) is 30.3 Å². The molecule has 2 rings (SSSR count). The van der Waals surface area contributed by atoms with Crippen LogP contribution in [-0.4, -0.2) is 17.0 Å². The minimum Gasteiger partial charge on any atom is -0.481 e. The van der Waals surface area contributed by atoms with Crippen molar-refractivity contribution >= 4 is 17.6 Å². The monoisotopic (exact) mass is 301 g/mol. The standard InChI is InChI=1S/C17H16FNO3/c18-14-6-8-15(9-7-14)19-17(22)13(11-16(20)21)10-12-4-2-1-3-5-12/h1-9,13H,10-11H2,(H,19,22)(H,20,21)/t13-/m1/s1. The van der Waals surface area contributed by atoms with Crippen molar-refractivity contribution in [3.63, 3.8) is 0 Å². The molecule has 114 valence electrons. The lowest BCUT2D eigenvalue weighted by Gasteiger charge is -2.15. The van der Waals surface area contributed by atoms with Crippen LogP contribution in [0.1, 0.15) is 12.0 Å². The van der Waals surface area contributed by atoms with Gasteiger partial charge in [0, 0.05) is 5.69 Å². The van der Waals surface area contributed by atoms with Crippen LogP contribution in [0.3, 0.4) is 0 Å². The van der Waals surface area contributed by atoms with Crippen molar-refractivity contribution in [2.45, 2.75) is 12.8 Å². The largest absolute Gasteiger partial charge is 0.481 e. The summed E-state index contributed by atoms with van der Waals surface area (Å²) in [7, 11) is 0. The van der Waals surface area contributed by atoms with Crippen LogP contribution in [0.5, 0.6) is 0 Å². The molecule has 0 aliphatic heterocycles. The Morgan fingerprint density at radius 2 is 1.68 bits per heavy atom. The van der Waals surface area contributed by atoms with Gasteiger partial charge in [-0.15, -0.1) is 0 Å². The molecule has 0 heterocycles. The minimum atomic E-state index is -1.03. The van der Waals surface area contributed by atoms with Gasteiger partial charge < -0.3 is 10.4 Å². The van der Waals surface area contributed by atoms with Crippen LogP contribution >= 0.6 is 0 Å². The summed E-state index contributed by atoms with van der Waals surface area (Å²) >= 11 is 0. The Bertz CT molecular complexity index is 641. The summed E-state index contributed by atoms with van der Waals surface area (Å²) in [6.45, 7) is 0. The van der Waals surface area contributed by atoms with Crippen LogP contribution in [0, 0.1) is 11.7 Å². The molecule has 0 fully saturated rings. The van der Waals surface area contributed by atoms with Crippen molar-refractivity contribution in [1.82, 2.24) is 0 Å².